The number of carbonyl (C=O) groups is 3. The molecule has 4 heterocycles. The minimum absolute atomic E-state index is 0.251. The summed E-state index contributed by atoms with van der Waals surface area (Å²) in [7, 11) is 1.56. The highest BCUT2D eigenvalue weighted by atomic mass is 16.5. The van der Waals surface area contributed by atoms with E-state index in [-0.39, 0.29) is 24.3 Å². The van der Waals surface area contributed by atoms with Crippen LogP contribution in [-0.2, 0) is 30.3 Å². The Bertz CT molecular complexity index is 1020. The molecule has 2 unspecified atom stereocenters. The van der Waals surface area contributed by atoms with Gasteiger partial charge >= 0.3 is 0 Å². The van der Waals surface area contributed by atoms with E-state index in [0.29, 0.717) is 45.6 Å². The fourth-order valence-electron chi connectivity index (χ4n) is 7.01. The number of likely N-dealkylation sites (tertiary alicyclic amines) is 1. The summed E-state index contributed by atoms with van der Waals surface area (Å²) in [6, 6.07) is 8.07. The van der Waals surface area contributed by atoms with Crippen LogP contribution in [0.3, 0.4) is 0 Å². The van der Waals surface area contributed by atoms with Crippen LogP contribution in [0.25, 0.3) is 0 Å². The fraction of sp³-hybridized carbons (Fsp3) is 0.667. The SMILES string of the molecule is CNC(=O)[C@H]1[C@H]2C(=O)N([C@@H](CO)Cc3ccccc3)C(C(=O)NCCN3CCOCC3)C23CC[C@]1(C)O3. The van der Waals surface area contributed by atoms with Gasteiger partial charge in [0, 0.05) is 33.2 Å². The molecule has 6 atom stereocenters. The number of aliphatic hydroxyl groups is 1. The van der Waals surface area contributed by atoms with E-state index < -0.39 is 35.1 Å². The van der Waals surface area contributed by atoms with Crippen molar-refractivity contribution in [3.8, 4) is 0 Å². The molecule has 3 amide bonds. The highest BCUT2D eigenvalue weighted by Crippen LogP contribution is 2.63. The lowest BCUT2D eigenvalue weighted by molar-refractivity contribution is -0.149. The molecule has 10 nitrogen and oxygen atoms in total. The number of rotatable bonds is 9. The molecule has 0 aliphatic carbocycles. The number of hydrogen-bond donors (Lipinski definition) is 3. The first-order valence-corrected chi connectivity index (χ1v) is 13.3. The van der Waals surface area contributed by atoms with Gasteiger partial charge in [-0.2, -0.15) is 0 Å². The van der Waals surface area contributed by atoms with Crippen molar-refractivity contribution in [2.75, 3.05) is 53.0 Å². The summed E-state index contributed by atoms with van der Waals surface area (Å²) in [5.41, 5.74) is -0.959. The second-order valence-electron chi connectivity index (χ2n) is 10.9. The van der Waals surface area contributed by atoms with Gasteiger partial charge in [0.2, 0.25) is 17.7 Å². The van der Waals surface area contributed by atoms with Crippen molar-refractivity contribution < 1.29 is 29.0 Å². The Morgan fingerprint density at radius 1 is 1.16 bits per heavy atom. The standard InChI is InChI=1S/C27H38N4O6/c1-26-8-9-27(37-26)21(20(26)23(33)28-2)25(35)31(19(17-32)16-18-6-4-3-5-7-18)22(27)24(34)29-10-11-30-12-14-36-15-13-30/h3-7,19-22,32H,8-17H2,1-2H3,(H,28,33)(H,29,34)/t19-,20-,21+,22?,26+,27?/m1/s1. The minimum atomic E-state index is -1.10. The van der Waals surface area contributed by atoms with E-state index in [2.05, 4.69) is 15.5 Å². The molecule has 4 aliphatic rings. The summed E-state index contributed by atoms with van der Waals surface area (Å²) in [5, 5.41) is 16.2. The van der Waals surface area contributed by atoms with Crippen molar-refractivity contribution >= 4 is 17.7 Å². The largest absolute Gasteiger partial charge is 0.394 e. The molecule has 1 spiro atoms. The number of ether oxygens (including phenoxy) is 2. The van der Waals surface area contributed by atoms with E-state index >= 15 is 0 Å². The molecule has 0 radical (unpaired) electrons. The van der Waals surface area contributed by atoms with Crippen LogP contribution in [-0.4, -0.2) is 109 Å². The van der Waals surface area contributed by atoms with Crippen LogP contribution in [0, 0.1) is 11.8 Å². The van der Waals surface area contributed by atoms with Gasteiger partial charge in [-0.05, 0) is 31.7 Å². The Kier molecular flexibility index (Phi) is 7.28. The summed E-state index contributed by atoms with van der Waals surface area (Å²) < 4.78 is 12.0. The molecule has 3 N–H and O–H groups in total. The average molecular weight is 515 g/mol. The van der Waals surface area contributed by atoms with Gasteiger partial charge in [0.15, 0.2) is 0 Å². The monoisotopic (exact) mass is 514 g/mol. The zero-order chi connectivity index (χ0) is 26.2. The van der Waals surface area contributed by atoms with Crippen molar-refractivity contribution in [3.63, 3.8) is 0 Å². The first-order chi connectivity index (χ1) is 17.8. The highest BCUT2D eigenvalue weighted by Gasteiger charge is 2.78. The minimum Gasteiger partial charge on any atom is -0.394 e. The van der Waals surface area contributed by atoms with Crippen LogP contribution in [0.5, 0.6) is 0 Å². The van der Waals surface area contributed by atoms with Crippen LogP contribution in [0.2, 0.25) is 0 Å². The average Bonchev–Trinajstić information content (AvgIpc) is 3.48. The van der Waals surface area contributed by atoms with Crippen LogP contribution in [0.4, 0.5) is 0 Å². The third-order valence-electron chi connectivity index (χ3n) is 8.74. The molecule has 0 aromatic heterocycles. The van der Waals surface area contributed by atoms with Gasteiger partial charge in [-0.15, -0.1) is 0 Å². The van der Waals surface area contributed by atoms with Crippen LogP contribution >= 0.6 is 0 Å². The molecular weight excluding hydrogens is 476 g/mol. The summed E-state index contributed by atoms with van der Waals surface area (Å²) in [6.07, 6.45) is 1.49. The Morgan fingerprint density at radius 2 is 1.89 bits per heavy atom. The first-order valence-electron chi connectivity index (χ1n) is 13.3. The summed E-state index contributed by atoms with van der Waals surface area (Å²) in [6.45, 7) is 5.66. The van der Waals surface area contributed by atoms with Gasteiger partial charge in [-0.25, -0.2) is 0 Å². The number of nitrogens with one attached hydrogen (secondary N) is 2. The third kappa shape index (κ3) is 4.43. The van der Waals surface area contributed by atoms with Crippen LogP contribution in [0.15, 0.2) is 30.3 Å². The lowest BCUT2D eigenvalue weighted by atomic mass is 9.66. The number of aliphatic hydroxyl groups excluding tert-OH is 1. The number of fused-ring (bicyclic) bond motifs is 1. The summed E-state index contributed by atoms with van der Waals surface area (Å²) in [5.74, 6) is -2.30. The Labute approximate surface area is 217 Å². The van der Waals surface area contributed by atoms with Gasteiger partial charge in [0.05, 0.1) is 43.3 Å². The predicted molar refractivity (Wildman–Crippen MR) is 134 cm³/mol. The highest BCUT2D eigenvalue weighted by molar-refractivity contribution is 5.99. The predicted octanol–water partition coefficient (Wildman–Crippen LogP) is -0.451. The molecule has 37 heavy (non-hydrogen) atoms. The zero-order valence-electron chi connectivity index (χ0n) is 21.7. The molecule has 4 aliphatic heterocycles. The lowest BCUT2D eigenvalue weighted by Gasteiger charge is -2.37. The fourth-order valence-corrected chi connectivity index (χ4v) is 7.01. The smallest absolute Gasteiger partial charge is 0.245 e. The molecule has 1 aromatic carbocycles. The van der Waals surface area contributed by atoms with E-state index in [0.717, 1.165) is 18.7 Å². The topological polar surface area (TPSA) is 120 Å². The first kappa shape index (κ1) is 26.1. The zero-order valence-corrected chi connectivity index (χ0v) is 21.7. The molecular formula is C27H38N4O6. The number of amides is 3. The summed E-state index contributed by atoms with van der Waals surface area (Å²) in [4.78, 5) is 44.8. The maximum atomic E-state index is 14.1. The van der Waals surface area contributed by atoms with Gasteiger partial charge in [0.1, 0.15) is 11.6 Å². The van der Waals surface area contributed by atoms with Crippen molar-refractivity contribution in [3.05, 3.63) is 35.9 Å². The normalized spacial score (nSPS) is 33.9. The lowest BCUT2D eigenvalue weighted by Crippen LogP contribution is -2.59. The van der Waals surface area contributed by atoms with Crippen molar-refractivity contribution in [2.45, 2.75) is 49.5 Å². The van der Waals surface area contributed by atoms with Crippen molar-refractivity contribution in [1.82, 2.24) is 20.4 Å². The second-order valence-corrected chi connectivity index (χ2v) is 10.9. The van der Waals surface area contributed by atoms with Crippen molar-refractivity contribution in [2.24, 2.45) is 11.8 Å². The number of hydrogen-bond acceptors (Lipinski definition) is 7. The van der Waals surface area contributed by atoms with E-state index in [4.69, 9.17) is 9.47 Å². The molecule has 202 valence electrons. The summed E-state index contributed by atoms with van der Waals surface area (Å²) >= 11 is 0. The quantitative estimate of drug-likeness (QED) is 0.408. The number of morpholine rings is 1. The van der Waals surface area contributed by atoms with Gasteiger partial charge in [0.25, 0.3) is 0 Å². The second kappa shape index (κ2) is 10.3. The number of carbonyl (C=O) groups excluding carboxylic acids is 3. The molecule has 0 saturated carbocycles. The Morgan fingerprint density at radius 3 is 2.57 bits per heavy atom. The van der Waals surface area contributed by atoms with Gasteiger partial charge in [-0.3, -0.25) is 19.3 Å². The van der Waals surface area contributed by atoms with Crippen LogP contribution in [0.1, 0.15) is 25.3 Å². The molecule has 10 heteroatoms. The molecule has 2 bridgehead atoms. The number of nitrogens with zero attached hydrogens (tertiary/aromatic N) is 2. The number of benzene rings is 1. The molecule has 4 fully saturated rings. The maximum absolute atomic E-state index is 14.1. The Hall–Kier alpha value is -2.53. The maximum Gasteiger partial charge on any atom is 0.245 e. The van der Waals surface area contributed by atoms with Gasteiger partial charge < -0.3 is 30.1 Å². The van der Waals surface area contributed by atoms with Gasteiger partial charge in [-0.1, -0.05) is 30.3 Å². The Balaban J connectivity index is 1.45. The molecule has 1 aromatic rings. The van der Waals surface area contributed by atoms with E-state index in [9.17, 15) is 19.5 Å². The van der Waals surface area contributed by atoms with E-state index in [1.165, 1.54) is 4.90 Å². The van der Waals surface area contributed by atoms with E-state index in [1.54, 1.807) is 7.05 Å². The third-order valence-corrected chi connectivity index (χ3v) is 8.74. The van der Waals surface area contributed by atoms with E-state index in [1.807, 2.05) is 37.3 Å². The molecule has 4 saturated heterocycles. The molecule has 5 rings (SSSR count). The van der Waals surface area contributed by atoms with Crippen LogP contribution < -0.4 is 10.6 Å². The van der Waals surface area contributed by atoms with Crippen molar-refractivity contribution in [1.29, 1.82) is 0 Å².